The van der Waals surface area contributed by atoms with Crippen molar-refractivity contribution in [2.24, 2.45) is 4.99 Å². The van der Waals surface area contributed by atoms with Crippen LogP contribution in [0.15, 0.2) is 65.7 Å². The van der Waals surface area contributed by atoms with E-state index >= 15 is 0 Å². The number of aliphatic imine (C=N–C) groups is 1. The van der Waals surface area contributed by atoms with Gasteiger partial charge in [-0.3, -0.25) is 15.1 Å². The van der Waals surface area contributed by atoms with E-state index in [9.17, 15) is 15.2 Å². The number of nitrogens with zero attached hydrogens (tertiary/aromatic N) is 2. The first-order chi connectivity index (χ1) is 10.6. The molecule has 0 spiro atoms. The van der Waals surface area contributed by atoms with Gasteiger partial charge in [0.05, 0.1) is 4.92 Å². The monoisotopic (exact) mass is 294 g/mol. The summed E-state index contributed by atoms with van der Waals surface area (Å²) >= 11 is 0. The Balaban J connectivity index is 2.05. The second kappa shape index (κ2) is 5.44. The summed E-state index contributed by atoms with van der Waals surface area (Å²) in [7, 11) is 0. The Kier molecular flexibility index (Phi) is 3.47. The van der Waals surface area contributed by atoms with Crippen molar-refractivity contribution in [3.63, 3.8) is 0 Å². The fraction of sp³-hybridized carbons (Fsp3) is 0.118. The highest BCUT2D eigenvalue weighted by Crippen LogP contribution is 2.38. The number of hydrogen-bond acceptors (Lipinski definition) is 4. The number of hydrogen-bond donors (Lipinski definition) is 1. The molecule has 3 rings (SSSR count). The minimum atomic E-state index is -0.667. The van der Waals surface area contributed by atoms with Gasteiger partial charge in [0, 0.05) is 18.7 Å². The fourth-order valence-electron chi connectivity index (χ4n) is 2.64. The van der Waals surface area contributed by atoms with Gasteiger partial charge in [0.15, 0.2) is 5.75 Å². The molecule has 5 nitrogen and oxygen atoms in total. The summed E-state index contributed by atoms with van der Waals surface area (Å²) in [5.74, 6) is -0.338. The normalized spacial score (nSPS) is 19.5. The number of rotatable bonds is 4. The second-order valence-electron chi connectivity index (χ2n) is 5.18. The molecule has 1 N–H and O–H groups in total. The third kappa shape index (κ3) is 2.48. The fourth-order valence-corrected chi connectivity index (χ4v) is 2.64. The van der Waals surface area contributed by atoms with Gasteiger partial charge in [-0.1, -0.05) is 42.5 Å². The molecule has 0 aliphatic carbocycles. The van der Waals surface area contributed by atoms with Crippen LogP contribution in [0, 0.1) is 10.1 Å². The molecular weight excluding hydrogens is 280 g/mol. The molecule has 0 saturated heterocycles. The number of allylic oxidation sites excluding steroid dienone is 1. The molecule has 0 amide bonds. The zero-order valence-corrected chi connectivity index (χ0v) is 11.7. The van der Waals surface area contributed by atoms with E-state index in [-0.39, 0.29) is 11.4 Å². The maximum absolute atomic E-state index is 11.0. The van der Waals surface area contributed by atoms with Crippen LogP contribution in [-0.2, 0) is 12.0 Å². The number of phenolic OH excluding ortho intramolecular Hbond substituents is 1. The van der Waals surface area contributed by atoms with Crippen molar-refractivity contribution in [2.75, 3.05) is 0 Å². The largest absolute Gasteiger partial charge is 0.502 e. The number of phenols is 1. The smallest absolute Gasteiger partial charge is 0.311 e. The van der Waals surface area contributed by atoms with E-state index in [0.717, 1.165) is 5.56 Å². The summed E-state index contributed by atoms with van der Waals surface area (Å²) in [6.07, 6.45) is 6.06. The van der Waals surface area contributed by atoms with Crippen LogP contribution in [0.3, 0.4) is 0 Å². The lowest BCUT2D eigenvalue weighted by molar-refractivity contribution is -0.386. The molecule has 1 aliphatic rings. The van der Waals surface area contributed by atoms with E-state index in [1.54, 1.807) is 12.3 Å². The molecule has 2 aromatic rings. The SMILES string of the molecule is O=[N+]([O-])c1cc(C2(Cc3ccccc3)C=CC=N2)ccc1O. The first-order valence-electron chi connectivity index (χ1n) is 6.86. The second-order valence-corrected chi connectivity index (χ2v) is 5.18. The lowest BCUT2D eigenvalue weighted by atomic mass is 9.84. The molecule has 0 bridgehead atoms. The molecule has 0 aromatic heterocycles. The molecule has 5 heteroatoms. The van der Waals surface area contributed by atoms with E-state index < -0.39 is 10.5 Å². The summed E-state index contributed by atoms with van der Waals surface area (Å²) in [6.45, 7) is 0. The minimum absolute atomic E-state index is 0.305. The van der Waals surface area contributed by atoms with Crippen LogP contribution in [0.1, 0.15) is 11.1 Å². The first-order valence-corrected chi connectivity index (χ1v) is 6.86. The molecule has 110 valence electrons. The molecule has 22 heavy (non-hydrogen) atoms. The van der Waals surface area contributed by atoms with Crippen LogP contribution in [0.25, 0.3) is 0 Å². The quantitative estimate of drug-likeness (QED) is 0.693. The summed E-state index contributed by atoms with van der Waals surface area (Å²) in [6, 6.07) is 14.3. The van der Waals surface area contributed by atoms with E-state index in [1.807, 2.05) is 42.5 Å². The van der Waals surface area contributed by atoms with Crippen molar-refractivity contribution >= 4 is 11.9 Å². The predicted octanol–water partition coefficient (Wildman–Crippen LogP) is 3.38. The number of nitro benzene ring substituents is 1. The van der Waals surface area contributed by atoms with Crippen molar-refractivity contribution in [3.8, 4) is 5.75 Å². The van der Waals surface area contributed by atoms with Crippen LogP contribution in [0.4, 0.5) is 5.69 Å². The Bertz CT molecular complexity index is 755. The highest BCUT2D eigenvalue weighted by molar-refractivity contribution is 5.76. The zero-order chi connectivity index (χ0) is 15.6. The highest BCUT2D eigenvalue weighted by atomic mass is 16.6. The van der Waals surface area contributed by atoms with Crippen molar-refractivity contribution < 1.29 is 10.0 Å². The van der Waals surface area contributed by atoms with E-state index in [2.05, 4.69) is 4.99 Å². The van der Waals surface area contributed by atoms with Crippen molar-refractivity contribution in [1.82, 2.24) is 0 Å². The maximum Gasteiger partial charge on any atom is 0.311 e. The standard InChI is InChI=1S/C17H14N2O3/c20-16-8-7-14(11-15(16)19(21)22)17(9-4-10-18-17)12-13-5-2-1-3-6-13/h1-11,20H,12H2. The lowest BCUT2D eigenvalue weighted by Gasteiger charge is -2.25. The van der Waals surface area contributed by atoms with Crippen molar-refractivity contribution in [1.29, 1.82) is 0 Å². The van der Waals surface area contributed by atoms with Gasteiger partial charge < -0.3 is 5.11 Å². The molecule has 2 aromatic carbocycles. The van der Waals surface area contributed by atoms with Crippen LogP contribution in [0.5, 0.6) is 5.75 Å². The Morgan fingerprint density at radius 2 is 1.95 bits per heavy atom. The molecule has 0 fully saturated rings. The van der Waals surface area contributed by atoms with Crippen LogP contribution < -0.4 is 0 Å². The van der Waals surface area contributed by atoms with E-state index in [1.165, 1.54) is 12.1 Å². The van der Waals surface area contributed by atoms with Crippen molar-refractivity contribution in [3.05, 3.63) is 81.9 Å². The summed E-state index contributed by atoms with van der Waals surface area (Å²) in [5.41, 5.74) is 0.799. The molecule has 0 saturated carbocycles. The molecule has 1 unspecified atom stereocenters. The van der Waals surface area contributed by atoms with Gasteiger partial charge >= 0.3 is 5.69 Å². The average molecular weight is 294 g/mol. The summed E-state index contributed by atoms with van der Waals surface area (Å²) in [5, 5.41) is 20.7. The maximum atomic E-state index is 11.0. The van der Waals surface area contributed by atoms with Gasteiger partial charge in [0.25, 0.3) is 0 Å². The highest BCUT2D eigenvalue weighted by Gasteiger charge is 2.32. The van der Waals surface area contributed by atoms with Gasteiger partial charge in [-0.25, -0.2) is 0 Å². The molecular formula is C17H14N2O3. The van der Waals surface area contributed by atoms with E-state index in [4.69, 9.17) is 0 Å². The van der Waals surface area contributed by atoms with Crippen molar-refractivity contribution in [2.45, 2.75) is 12.0 Å². The Hall–Kier alpha value is -2.95. The Morgan fingerprint density at radius 1 is 1.18 bits per heavy atom. The zero-order valence-electron chi connectivity index (χ0n) is 11.7. The topological polar surface area (TPSA) is 75.7 Å². The van der Waals surface area contributed by atoms with Gasteiger partial charge in [-0.05, 0) is 23.3 Å². The molecule has 1 heterocycles. The number of nitro groups is 1. The molecule has 0 radical (unpaired) electrons. The Morgan fingerprint density at radius 3 is 2.59 bits per heavy atom. The number of aromatic hydroxyl groups is 1. The summed E-state index contributed by atoms with van der Waals surface area (Å²) < 4.78 is 0. The Labute approximate surface area is 127 Å². The average Bonchev–Trinajstić information content (AvgIpc) is 2.98. The first kappa shape index (κ1) is 14.0. The van der Waals surface area contributed by atoms with Gasteiger partial charge in [-0.15, -0.1) is 0 Å². The van der Waals surface area contributed by atoms with E-state index in [0.29, 0.717) is 12.0 Å². The van der Waals surface area contributed by atoms with Crippen LogP contribution in [-0.4, -0.2) is 16.2 Å². The third-order valence-electron chi connectivity index (χ3n) is 3.75. The van der Waals surface area contributed by atoms with Crippen LogP contribution in [0.2, 0.25) is 0 Å². The minimum Gasteiger partial charge on any atom is -0.502 e. The van der Waals surface area contributed by atoms with Gasteiger partial charge in [-0.2, -0.15) is 0 Å². The summed E-state index contributed by atoms with van der Waals surface area (Å²) in [4.78, 5) is 15.0. The van der Waals surface area contributed by atoms with Crippen LogP contribution >= 0.6 is 0 Å². The molecule has 1 atom stereocenters. The van der Waals surface area contributed by atoms with Gasteiger partial charge in [0.1, 0.15) is 5.54 Å². The number of benzene rings is 2. The predicted molar refractivity (Wildman–Crippen MR) is 84.2 cm³/mol. The van der Waals surface area contributed by atoms with Gasteiger partial charge in [0.2, 0.25) is 0 Å². The molecule has 1 aliphatic heterocycles. The lowest BCUT2D eigenvalue weighted by Crippen LogP contribution is -2.22. The third-order valence-corrected chi connectivity index (χ3v) is 3.75.